The molecule has 0 saturated carbocycles. The maximum atomic E-state index is 13.7. The van der Waals surface area contributed by atoms with Gasteiger partial charge in [-0.05, 0) is 49.8 Å². The molecule has 0 aliphatic rings. The number of nitrogens with zero attached hydrogens (tertiary/aromatic N) is 1. The van der Waals surface area contributed by atoms with E-state index in [1.165, 1.54) is 0 Å². The van der Waals surface area contributed by atoms with Gasteiger partial charge in [0.15, 0.2) is 0 Å². The number of para-hydroxylation sites is 1. The number of aromatic nitrogens is 1. The summed E-state index contributed by atoms with van der Waals surface area (Å²) in [6.45, 7) is 10.9. The van der Waals surface area contributed by atoms with Gasteiger partial charge >= 0.3 is 0 Å². The van der Waals surface area contributed by atoms with E-state index in [9.17, 15) is 9.59 Å². The van der Waals surface area contributed by atoms with Gasteiger partial charge in [-0.25, -0.2) is 0 Å². The molecule has 4 heteroatoms. The molecule has 3 aromatic rings. The molecule has 1 amide bonds. The Balaban J connectivity index is 2.20. The van der Waals surface area contributed by atoms with Gasteiger partial charge in [0, 0.05) is 29.2 Å². The van der Waals surface area contributed by atoms with E-state index in [1.807, 2.05) is 62.4 Å². The number of anilines is 1. The lowest BCUT2D eigenvalue weighted by molar-refractivity contribution is 0.102. The van der Waals surface area contributed by atoms with E-state index >= 15 is 0 Å². The number of rotatable bonds is 8. The van der Waals surface area contributed by atoms with Crippen molar-refractivity contribution in [1.82, 2.24) is 4.57 Å². The molecular weight excluding hydrogens is 396 g/mol. The third-order valence-electron chi connectivity index (χ3n) is 6.25. The summed E-state index contributed by atoms with van der Waals surface area (Å²) in [5.41, 5.74) is 6.12. The predicted molar refractivity (Wildman–Crippen MR) is 134 cm³/mol. The average molecular weight is 431 g/mol. The predicted octanol–water partition coefficient (Wildman–Crippen LogP) is 6.31. The second-order valence-electron chi connectivity index (χ2n) is 8.23. The van der Waals surface area contributed by atoms with Gasteiger partial charge < -0.3 is 9.88 Å². The average Bonchev–Trinajstić information content (AvgIpc) is 2.79. The molecule has 0 bridgehead atoms. The summed E-state index contributed by atoms with van der Waals surface area (Å²) in [5, 5.41) is 3.11. The summed E-state index contributed by atoms with van der Waals surface area (Å²) < 4.78 is 2.13. The van der Waals surface area contributed by atoms with E-state index in [0.717, 1.165) is 66.0 Å². The Hall–Kier alpha value is -3.14. The van der Waals surface area contributed by atoms with Crippen molar-refractivity contribution in [3.63, 3.8) is 0 Å². The number of carbonyl (C=O) groups excluding carboxylic acids is 1. The van der Waals surface area contributed by atoms with Gasteiger partial charge in [0.25, 0.3) is 5.91 Å². The van der Waals surface area contributed by atoms with Crippen LogP contribution >= 0.6 is 0 Å². The van der Waals surface area contributed by atoms with E-state index in [2.05, 4.69) is 30.7 Å². The van der Waals surface area contributed by atoms with Crippen LogP contribution in [0.3, 0.4) is 0 Å². The first kappa shape index (κ1) is 23.5. The minimum Gasteiger partial charge on any atom is -0.347 e. The monoisotopic (exact) mass is 430 g/mol. The number of benzene rings is 2. The molecule has 1 aromatic heterocycles. The number of hydrogen-bond donors (Lipinski definition) is 1. The summed E-state index contributed by atoms with van der Waals surface area (Å²) in [6, 6.07) is 15.8. The highest BCUT2D eigenvalue weighted by molar-refractivity contribution is 6.06. The number of aryl methyl sites for hydroxylation is 2. The van der Waals surface area contributed by atoms with Gasteiger partial charge in [0.05, 0.1) is 0 Å². The summed E-state index contributed by atoms with van der Waals surface area (Å²) >= 11 is 0. The smallest absolute Gasteiger partial charge is 0.261 e. The molecule has 2 aromatic carbocycles. The highest BCUT2D eigenvalue weighted by Gasteiger charge is 2.24. The van der Waals surface area contributed by atoms with Crippen molar-refractivity contribution in [3.8, 4) is 11.1 Å². The summed E-state index contributed by atoms with van der Waals surface area (Å²) in [4.78, 5) is 27.3. The Bertz CT molecular complexity index is 1140. The fourth-order valence-corrected chi connectivity index (χ4v) is 4.42. The van der Waals surface area contributed by atoms with Gasteiger partial charge in [-0.2, -0.15) is 0 Å². The van der Waals surface area contributed by atoms with Crippen LogP contribution in [0.2, 0.25) is 0 Å². The van der Waals surface area contributed by atoms with Crippen molar-refractivity contribution in [2.45, 2.75) is 66.8 Å². The first-order valence-corrected chi connectivity index (χ1v) is 11.7. The molecule has 0 aliphatic carbocycles. The molecule has 0 aliphatic heterocycles. The van der Waals surface area contributed by atoms with Gasteiger partial charge in [0.2, 0.25) is 5.43 Å². The number of hydrogen-bond acceptors (Lipinski definition) is 2. The van der Waals surface area contributed by atoms with Gasteiger partial charge in [-0.1, -0.05) is 75.7 Å². The number of nitrogens with one attached hydrogen (secondary N) is 1. The fraction of sp³-hybridized carbons (Fsp3) is 0.357. The normalized spacial score (nSPS) is 10.9. The summed E-state index contributed by atoms with van der Waals surface area (Å²) in [5.74, 6) is -0.328. The SMILES string of the molecule is CCCCn1c(C)c(C(=O)Nc2c(CC)cccc2CC)c(=O)c(-c2ccccc2)c1C. The Morgan fingerprint density at radius 2 is 1.50 bits per heavy atom. The Labute approximate surface area is 191 Å². The van der Waals surface area contributed by atoms with Crippen molar-refractivity contribution in [1.29, 1.82) is 0 Å². The topological polar surface area (TPSA) is 51.1 Å². The maximum Gasteiger partial charge on any atom is 0.261 e. The second kappa shape index (κ2) is 10.4. The molecule has 32 heavy (non-hydrogen) atoms. The van der Waals surface area contributed by atoms with E-state index in [4.69, 9.17) is 0 Å². The van der Waals surface area contributed by atoms with Gasteiger partial charge in [0.1, 0.15) is 5.56 Å². The van der Waals surface area contributed by atoms with Crippen molar-refractivity contribution in [3.05, 3.63) is 86.8 Å². The standard InChI is InChI=1S/C28H34N2O2/c1-6-9-18-30-19(4)24(23-14-11-10-12-15-23)27(31)25(20(30)5)28(32)29-26-21(7-2)16-13-17-22(26)8-3/h10-17H,6-9,18H2,1-5H3,(H,29,32). The number of carbonyl (C=O) groups is 1. The lowest BCUT2D eigenvalue weighted by atomic mass is 9.98. The molecular formula is C28H34N2O2. The highest BCUT2D eigenvalue weighted by atomic mass is 16.2. The van der Waals surface area contributed by atoms with Crippen LogP contribution in [0.1, 0.15) is 66.5 Å². The zero-order valence-electron chi connectivity index (χ0n) is 19.9. The Kier molecular flexibility index (Phi) is 7.68. The zero-order valence-corrected chi connectivity index (χ0v) is 19.9. The molecule has 4 nitrogen and oxygen atoms in total. The zero-order chi connectivity index (χ0) is 23.3. The van der Waals surface area contributed by atoms with E-state index in [-0.39, 0.29) is 16.9 Å². The number of unbranched alkanes of at least 4 members (excludes halogenated alkanes) is 1. The fourth-order valence-electron chi connectivity index (χ4n) is 4.42. The van der Waals surface area contributed by atoms with Crippen LogP contribution in [0.5, 0.6) is 0 Å². The number of amides is 1. The van der Waals surface area contributed by atoms with E-state index in [1.54, 1.807) is 0 Å². The van der Waals surface area contributed by atoms with Crippen molar-refractivity contribution < 1.29 is 4.79 Å². The van der Waals surface area contributed by atoms with Crippen LogP contribution in [0, 0.1) is 13.8 Å². The largest absolute Gasteiger partial charge is 0.347 e. The van der Waals surface area contributed by atoms with Crippen LogP contribution in [0.15, 0.2) is 53.3 Å². The molecule has 0 spiro atoms. The maximum absolute atomic E-state index is 13.7. The van der Waals surface area contributed by atoms with Crippen LogP contribution in [-0.4, -0.2) is 10.5 Å². The quantitative estimate of drug-likeness (QED) is 0.455. The van der Waals surface area contributed by atoms with E-state index in [0.29, 0.717) is 5.56 Å². The minimum absolute atomic E-state index is 0.205. The molecule has 168 valence electrons. The van der Waals surface area contributed by atoms with Crippen molar-refractivity contribution in [2.24, 2.45) is 0 Å². The molecule has 0 fully saturated rings. The second-order valence-corrected chi connectivity index (χ2v) is 8.23. The van der Waals surface area contributed by atoms with E-state index < -0.39 is 0 Å². The van der Waals surface area contributed by atoms with Gasteiger partial charge in [-0.15, -0.1) is 0 Å². The number of pyridine rings is 1. The molecule has 3 rings (SSSR count). The molecule has 0 saturated heterocycles. The third-order valence-corrected chi connectivity index (χ3v) is 6.25. The first-order chi connectivity index (χ1) is 15.4. The lowest BCUT2D eigenvalue weighted by Gasteiger charge is -2.22. The van der Waals surface area contributed by atoms with Crippen LogP contribution in [0.25, 0.3) is 11.1 Å². The summed E-state index contributed by atoms with van der Waals surface area (Å²) in [6.07, 6.45) is 3.65. The molecule has 0 atom stereocenters. The minimum atomic E-state index is -0.328. The first-order valence-electron chi connectivity index (χ1n) is 11.7. The summed E-state index contributed by atoms with van der Waals surface area (Å²) in [7, 11) is 0. The Morgan fingerprint density at radius 3 is 2.06 bits per heavy atom. The van der Waals surface area contributed by atoms with Crippen molar-refractivity contribution in [2.75, 3.05) is 5.32 Å². The molecule has 0 radical (unpaired) electrons. The van der Waals surface area contributed by atoms with Crippen LogP contribution in [0.4, 0.5) is 5.69 Å². The van der Waals surface area contributed by atoms with Gasteiger partial charge in [-0.3, -0.25) is 9.59 Å². The van der Waals surface area contributed by atoms with Crippen molar-refractivity contribution >= 4 is 11.6 Å². The lowest BCUT2D eigenvalue weighted by Crippen LogP contribution is -2.29. The third kappa shape index (κ3) is 4.55. The molecule has 0 unspecified atom stereocenters. The Morgan fingerprint density at radius 1 is 0.875 bits per heavy atom. The van der Waals surface area contributed by atoms with Crippen LogP contribution < -0.4 is 10.7 Å². The van der Waals surface area contributed by atoms with Crippen LogP contribution in [-0.2, 0) is 19.4 Å². The molecule has 1 heterocycles. The highest BCUT2D eigenvalue weighted by Crippen LogP contribution is 2.26. The molecule has 1 N–H and O–H groups in total.